The molecule has 224 valence electrons. The molecular formula is C42H27Br2N2P. The van der Waals surface area contributed by atoms with Gasteiger partial charge in [-0.3, -0.25) is 0 Å². The first-order valence-electron chi connectivity index (χ1n) is 15.6. The van der Waals surface area contributed by atoms with Crippen LogP contribution in [0.15, 0.2) is 173 Å². The minimum atomic E-state index is -0.871. The van der Waals surface area contributed by atoms with E-state index >= 15 is 0 Å². The van der Waals surface area contributed by atoms with Gasteiger partial charge in [-0.05, 0) is 84.5 Å². The highest BCUT2D eigenvalue weighted by molar-refractivity contribution is 9.10. The average Bonchev–Trinajstić information content (AvgIpc) is 3.60. The second-order valence-corrected chi connectivity index (χ2v) is 15.8. The summed E-state index contributed by atoms with van der Waals surface area (Å²) in [5.41, 5.74) is 7.14. The highest BCUT2D eigenvalue weighted by atomic mass is 79.9. The Morgan fingerprint density at radius 2 is 0.702 bits per heavy atom. The zero-order valence-electron chi connectivity index (χ0n) is 25.2. The van der Waals surface area contributed by atoms with E-state index < -0.39 is 7.92 Å². The van der Waals surface area contributed by atoms with Crippen molar-refractivity contribution in [3.05, 3.63) is 173 Å². The SMILES string of the molecule is Brc1ccc2c3ccc(P(c4ccccc4)c4ccc5c6ccc(Br)cc6n(-c6ccccc6)c5c4)cc3n(-c3ccccc3)c2c1. The molecule has 0 radical (unpaired) electrons. The second-order valence-electron chi connectivity index (χ2n) is 11.7. The van der Waals surface area contributed by atoms with Gasteiger partial charge in [-0.25, -0.2) is 0 Å². The van der Waals surface area contributed by atoms with Crippen molar-refractivity contribution in [3.63, 3.8) is 0 Å². The lowest BCUT2D eigenvalue weighted by Gasteiger charge is -2.20. The number of fused-ring (bicyclic) bond motifs is 6. The number of nitrogens with zero attached hydrogens (tertiary/aromatic N) is 2. The quantitative estimate of drug-likeness (QED) is 0.155. The van der Waals surface area contributed by atoms with Crippen LogP contribution in [-0.2, 0) is 0 Å². The highest BCUT2D eigenvalue weighted by Crippen LogP contribution is 2.40. The largest absolute Gasteiger partial charge is 0.309 e. The molecule has 0 atom stereocenters. The van der Waals surface area contributed by atoms with Crippen molar-refractivity contribution in [1.82, 2.24) is 9.13 Å². The van der Waals surface area contributed by atoms with Crippen LogP contribution in [-0.4, -0.2) is 9.13 Å². The lowest BCUT2D eigenvalue weighted by atomic mass is 10.1. The molecule has 0 spiro atoms. The monoisotopic (exact) mass is 748 g/mol. The van der Waals surface area contributed by atoms with Crippen LogP contribution in [0.2, 0.25) is 0 Å². The Hall–Kier alpha value is -4.47. The molecule has 2 nitrogen and oxygen atoms in total. The van der Waals surface area contributed by atoms with Crippen molar-refractivity contribution >= 4 is 99.3 Å². The molecule has 0 unspecified atom stereocenters. The van der Waals surface area contributed by atoms with Crippen LogP contribution in [0.3, 0.4) is 0 Å². The van der Waals surface area contributed by atoms with Crippen LogP contribution >= 0.6 is 39.8 Å². The average molecular weight is 750 g/mol. The third-order valence-corrected chi connectivity index (χ3v) is 12.4. The minimum Gasteiger partial charge on any atom is -0.309 e. The maximum atomic E-state index is 3.74. The Labute approximate surface area is 290 Å². The predicted molar refractivity (Wildman–Crippen MR) is 209 cm³/mol. The first-order chi connectivity index (χ1) is 23.1. The molecule has 0 aliphatic carbocycles. The molecule has 2 heterocycles. The molecule has 2 aromatic heterocycles. The minimum absolute atomic E-state index is 0.871. The van der Waals surface area contributed by atoms with Gasteiger partial charge in [-0.15, -0.1) is 0 Å². The van der Waals surface area contributed by atoms with E-state index in [0.29, 0.717) is 0 Å². The van der Waals surface area contributed by atoms with E-state index in [0.717, 1.165) is 20.3 Å². The molecule has 0 aliphatic heterocycles. The fourth-order valence-electron chi connectivity index (χ4n) is 6.97. The second kappa shape index (κ2) is 11.6. The highest BCUT2D eigenvalue weighted by Gasteiger charge is 2.22. The summed E-state index contributed by atoms with van der Waals surface area (Å²) in [6, 6.07) is 59.9. The van der Waals surface area contributed by atoms with Gasteiger partial charge in [-0.1, -0.05) is 135 Å². The fourth-order valence-corrected chi connectivity index (χ4v) is 9.99. The lowest BCUT2D eigenvalue weighted by Crippen LogP contribution is -2.21. The van der Waals surface area contributed by atoms with Gasteiger partial charge in [-0.2, -0.15) is 0 Å². The molecule has 0 bridgehead atoms. The summed E-state index contributed by atoms with van der Waals surface area (Å²) in [6.07, 6.45) is 0. The van der Waals surface area contributed by atoms with Crippen LogP contribution in [0.5, 0.6) is 0 Å². The van der Waals surface area contributed by atoms with Crippen LogP contribution < -0.4 is 15.9 Å². The Morgan fingerprint density at radius 3 is 1.13 bits per heavy atom. The van der Waals surface area contributed by atoms with Gasteiger partial charge < -0.3 is 9.13 Å². The zero-order chi connectivity index (χ0) is 31.5. The molecule has 5 heteroatoms. The normalized spacial score (nSPS) is 11.8. The Bertz CT molecular complexity index is 2430. The fraction of sp³-hybridized carbons (Fsp3) is 0. The molecule has 0 saturated heterocycles. The maximum absolute atomic E-state index is 3.74. The summed E-state index contributed by atoms with van der Waals surface area (Å²) < 4.78 is 6.97. The summed E-state index contributed by atoms with van der Waals surface area (Å²) in [5, 5.41) is 8.99. The Morgan fingerprint density at radius 1 is 0.340 bits per heavy atom. The van der Waals surface area contributed by atoms with Gasteiger partial charge in [0.1, 0.15) is 0 Å². The third-order valence-electron chi connectivity index (χ3n) is 8.99. The smallest absolute Gasteiger partial charge is 0.0552 e. The van der Waals surface area contributed by atoms with E-state index in [9.17, 15) is 0 Å². The van der Waals surface area contributed by atoms with E-state index in [-0.39, 0.29) is 0 Å². The van der Waals surface area contributed by atoms with Crippen molar-refractivity contribution in [2.75, 3.05) is 0 Å². The molecular weight excluding hydrogens is 723 g/mol. The Balaban J connectivity index is 1.32. The van der Waals surface area contributed by atoms with Crippen molar-refractivity contribution in [2.24, 2.45) is 0 Å². The van der Waals surface area contributed by atoms with Crippen LogP contribution in [0, 0.1) is 0 Å². The summed E-state index contributed by atoms with van der Waals surface area (Å²) in [7, 11) is -0.871. The van der Waals surface area contributed by atoms with Gasteiger partial charge in [0.25, 0.3) is 0 Å². The van der Waals surface area contributed by atoms with Gasteiger partial charge >= 0.3 is 0 Å². The first-order valence-corrected chi connectivity index (χ1v) is 18.5. The summed E-state index contributed by atoms with van der Waals surface area (Å²) in [4.78, 5) is 0. The van der Waals surface area contributed by atoms with Gasteiger partial charge in [0, 0.05) is 41.9 Å². The summed E-state index contributed by atoms with van der Waals surface area (Å²) in [5.74, 6) is 0. The van der Waals surface area contributed by atoms with Crippen LogP contribution in [0.1, 0.15) is 0 Å². The number of aromatic nitrogens is 2. The number of halogens is 2. The van der Waals surface area contributed by atoms with Crippen LogP contribution in [0.4, 0.5) is 0 Å². The number of rotatable bonds is 5. The van der Waals surface area contributed by atoms with Crippen molar-refractivity contribution in [3.8, 4) is 11.4 Å². The van der Waals surface area contributed by atoms with Crippen molar-refractivity contribution in [2.45, 2.75) is 0 Å². The van der Waals surface area contributed by atoms with Gasteiger partial charge in [0.15, 0.2) is 0 Å². The molecule has 0 aliphatic rings. The van der Waals surface area contributed by atoms with E-state index in [1.54, 1.807) is 0 Å². The molecule has 7 aromatic carbocycles. The van der Waals surface area contributed by atoms with Gasteiger partial charge in [0.05, 0.1) is 22.1 Å². The molecule has 47 heavy (non-hydrogen) atoms. The maximum Gasteiger partial charge on any atom is 0.0552 e. The molecule has 0 N–H and O–H groups in total. The molecule has 0 fully saturated rings. The van der Waals surface area contributed by atoms with Gasteiger partial charge in [0.2, 0.25) is 0 Å². The summed E-state index contributed by atoms with van der Waals surface area (Å²) >= 11 is 7.48. The topological polar surface area (TPSA) is 9.86 Å². The molecule has 0 amide bonds. The number of hydrogen-bond acceptors (Lipinski definition) is 0. The van der Waals surface area contributed by atoms with Crippen molar-refractivity contribution in [1.29, 1.82) is 0 Å². The Kier molecular flexibility index (Phi) is 7.12. The molecule has 0 saturated carbocycles. The predicted octanol–water partition coefficient (Wildman–Crippen LogP) is 11.2. The number of para-hydroxylation sites is 2. The third kappa shape index (κ3) is 4.86. The number of benzene rings is 7. The van der Waals surface area contributed by atoms with E-state index in [1.165, 1.54) is 59.5 Å². The number of hydrogen-bond donors (Lipinski definition) is 0. The van der Waals surface area contributed by atoms with Crippen molar-refractivity contribution < 1.29 is 0 Å². The van der Waals surface area contributed by atoms with E-state index in [4.69, 9.17) is 0 Å². The van der Waals surface area contributed by atoms with E-state index in [1.807, 2.05) is 0 Å². The summed E-state index contributed by atoms with van der Waals surface area (Å²) in [6.45, 7) is 0. The standard InChI is InChI=1S/C42H27Br2N2P/c43-28-16-20-35-37-22-18-33(26-41(37)45(39(35)24-28)30-10-4-1-5-11-30)47(32-14-8-3-9-15-32)34-19-23-38-36-21-17-29(44)25-40(36)46(42(38)27-34)31-12-6-2-7-13-31/h1-27H. The molecule has 9 aromatic rings. The molecule has 9 rings (SSSR count). The lowest BCUT2D eigenvalue weighted by molar-refractivity contribution is 1.18. The zero-order valence-corrected chi connectivity index (χ0v) is 29.3. The first kappa shape index (κ1) is 28.7. The van der Waals surface area contributed by atoms with Crippen LogP contribution in [0.25, 0.3) is 55.0 Å². The van der Waals surface area contributed by atoms with E-state index in [2.05, 4.69) is 205 Å².